The average Bonchev–Trinajstić information content (AvgIpc) is 2.48. The molecule has 2 rings (SSSR count). The van der Waals surface area contributed by atoms with Crippen LogP contribution in [0.4, 0.5) is 0 Å². The van der Waals surface area contributed by atoms with Crippen LogP contribution in [0.3, 0.4) is 0 Å². The molecule has 112 valence electrons. The highest BCUT2D eigenvalue weighted by Gasteiger charge is 2.19. The van der Waals surface area contributed by atoms with E-state index in [0.717, 1.165) is 5.56 Å². The molecule has 2 aromatic rings. The van der Waals surface area contributed by atoms with Crippen LogP contribution in [0.15, 0.2) is 53.6 Å². The normalized spacial score (nSPS) is 14.6. The second kappa shape index (κ2) is 6.34. The molecule has 1 aromatic heterocycles. The van der Waals surface area contributed by atoms with Crippen LogP contribution in [0.1, 0.15) is 37.2 Å². The molecule has 0 bridgehead atoms. The summed E-state index contributed by atoms with van der Waals surface area (Å²) in [7, 11) is -3.61. The van der Waals surface area contributed by atoms with Gasteiger partial charge in [0.15, 0.2) is 0 Å². The standard InChI is InChI=1S/C15H19N3O2S/c1-11(16)13-6-5-7-14(10-13)21(19,20)18-12(2)15-8-3-4-9-17-15/h3-12,18H,16H2,1-2H3. The molecule has 2 unspecified atom stereocenters. The quantitative estimate of drug-likeness (QED) is 0.886. The van der Waals surface area contributed by atoms with E-state index in [9.17, 15) is 8.42 Å². The molecule has 0 aliphatic carbocycles. The number of aromatic nitrogens is 1. The first-order valence-corrected chi connectivity index (χ1v) is 8.17. The summed E-state index contributed by atoms with van der Waals surface area (Å²) in [6.45, 7) is 3.57. The fraction of sp³-hybridized carbons (Fsp3) is 0.267. The van der Waals surface area contributed by atoms with E-state index in [0.29, 0.717) is 5.69 Å². The molecule has 0 aliphatic rings. The van der Waals surface area contributed by atoms with Gasteiger partial charge in [-0.25, -0.2) is 13.1 Å². The molecule has 1 aromatic carbocycles. The van der Waals surface area contributed by atoms with Crippen LogP contribution in [-0.2, 0) is 10.0 Å². The fourth-order valence-electron chi connectivity index (χ4n) is 1.96. The van der Waals surface area contributed by atoms with Gasteiger partial charge in [-0.15, -0.1) is 0 Å². The van der Waals surface area contributed by atoms with Crippen molar-refractivity contribution in [3.8, 4) is 0 Å². The van der Waals surface area contributed by atoms with Crippen molar-refractivity contribution < 1.29 is 8.42 Å². The molecule has 0 fully saturated rings. The van der Waals surface area contributed by atoms with E-state index >= 15 is 0 Å². The molecular formula is C15H19N3O2S. The predicted molar refractivity (Wildman–Crippen MR) is 82.0 cm³/mol. The van der Waals surface area contributed by atoms with Gasteiger partial charge in [-0.2, -0.15) is 0 Å². The summed E-state index contributed by atoms with van der Waals surface area (Å²) in [5.74, 6) is 0. The van der Waals surface area contributed by atoms with Crippen molar-refractivity contribution in [3.63, 3.8) is 0 Å². The van der Waals surface area contributed by atoms with Crippen LogP contribution in [-0.4, -0.2) is 13.4 Å². The number of hydrogen-bond donors (Lipinski definition) is 2. The van der Waals surface area contributed by atoms with Crippen molar-refractivity contribution in [3.05, 3.63) is 59.9 Å². The lowest BCUT2D eigenvalue weighted by Gasteiger charge is -2.15. The third-order valence-corrected chi connectivity index (χ3v) is 4.70. The van der Waals surface area contributed by atoms with Gasteiger partial charge in [-0.3, -0.25) is 4.98 Å². The van der Waals surface area contributed by atoms with Crippen molar-refractivity contribution in [1.82, 2.24) is 9.71 Å². The lowest BCUT2D eigenvalue weighted by Crippen LogP contribution is -2.27. The van der Waals surface area contributed by atoms with Crippen molar-refractivity contribution in [2.75, 3.05) is 0 Å². The molecule has 21 heavy (non-hydrogen) atoms. The average molecular weight is 305 g/mol. The van der Waals surface area contributed by atoms with Gasteiger partial charge in [-0.1, -0.05) is 18.2 Å². The van der Waals surface area contributed by atoms with E-state index in [-0.39, 0.29) is 10.9 Å². The highest BCUT2D eigenvalue weighted by atomic mass is 32.2. The summed E-state index contributed by atoms with van der Waals surface area (Å²) < 4.78 is 27.4. The Morgan fingerprint density at radius 3 is 2.52 bits per heavy atom. The maximum absolute atomic E-state index is 12.4. The van der Waals surface area contributed by atoms with Gasteiger partial charge in [0.2, 0.25) is 10.0 Å². The van der Waals surface area contributed by atoms with Gasteiger partial charge < -0.3 is 5.73 Å². The smallest absolute Gasteiger partial charge is 0.241 e. The Balaban J connectivity index is 2.24. The molecule has 0 radical (unpaired) electrons. The lowest BCUT2D eigenvalue weighted by molar-refractivity contribution is 0.563. The fourth-order valence-corrected chi connectivity index (χ4v) is 3.23. The third-order valence-electron chi connectivity index (χ3n) is 3.16. The Morgan fingerprint density at radius 2 is 1.90 bits per heavy atom. The summed E-state index contributed by atoms with van der Waals surface area (Å²) in [6, 6.07) is 11.4. The molecule has 0 spiro atoms. The molecule has 2 atom stereocenters. The zero-order valence-corrected chi connectivity index (χ0v) is 12.8. The Labute approximate surface area is 125 Å². The largest absolute Gasteiger partial charge is 0.324 e. The van der Waals surface area contributed by atoms with E-state index < -0.39 is 16.1 Å². The van der Waals surface area contributed by atoms with Crippen LogP contribution >= 0.6 is 0 Å². The molecular weight excluding hydrogens is 286 g/mol. The Hall–Kier alpha value is -1.76. The number of nitrogens with two attached hydrogens (primary N) is 1. The molecule has 0 amide bonds. The molecule has 0 aliphatic heterocycles. The van der Waals surface area contributed by atoms with E-state index in [4.69, 9.17) is 5.73 Å². The van der Waals surface area contributed by atoms with E-state index in [1.165, 1.54) is 0 Å². The van der Waals surface area contributed by atoms with E-state index in [1.54, 1.807) is 43.5 Å². The maximum Gasteiger partial charge on any atom is 0.241 e. The second-order valence-electron chi connectivity index (χ2n) is 4.96. The Morgan fingerprint density at radius 1 is 1.14 bits per heavy atom. The molecule has 3 N–H and O–H groups in total. The topological polar surface area (TPSA) is 85.1 Å². The minimum atomic E-state index is -3.61. The third kappa shape index (κ3) is 3.87. The molecule has 0 saturated carbocycles. The van der Waals surface area contributed by atoms with E-state index in [2.05, 4.69) is 9.71 Å². The predicted octanol–water partition coefficient (Wildman–Crippen LogP) is 2.14. The number of nitrogens with one attached hydrogen (secondary N) is 1. The van der Waals surface area contributed by atoms with Gasteiger partial charge in [0.25, 0.3) is 0 Å². The molecule has 5 nitrogen and oxygen atoms in total. The highest BCUT2D eigenvalue weighted by Crippen LogP contribution is 2.18. The number of pyridine rings is 1. The monoisotopic (exact) mass is 305 g/mol. The number of nitrogens with zero attached hydrogens (tertiary/aromatic N) is 1. The van der Waals surface area contributed by atoms with Crippen LogP contribution in [0, 0.1) is 0 Å². The summed E-state index contributed by atoms with van der Waals surface area (Å²) >= 11 is 0. The highest BCUT2D eigenvalue weighted by molar-refractivity contribution is 7.89. The van der Waals surface area contributed by atoms with Crippen LogP contribution in [0.2, 0.25) is 0 Å². The summed E-state index contributed by atoms with van der Waals surface area (Å²) in [6.07, 6.45) is 1.64. The summed E-state index contributed by atoms with van der Waals surface area (Å²) in [5.41, 5.74) is 7.24. The van der Waals surface area contributed by atoms with Crippen molar-refractivity contribution in [2.24, 2.45) is 5.73 Å². The van der Waals surface area contributed by atoms with Crippen LogP contribution < -0.4 is 10.5 Å². The van der Waals surface area contributed by atoms with E-state index in [1.807, 2.05) is 19.1 Å². The lowest BCUT2D eigenvalue weighted by atomic mass is 10.1. The van der Waals surface area contributed by atoms with Crippen molar-refractivity contribution in [2.45, 2.75) is 30.8 Å². The maximum atomic E-state index is 12.4. The zero-order chi connectivity index (χ0) is 15.5. The Bertz CT molecular complexity index is 700. The van der Waals surface area contributed by atoms with Gasteiger partial charge >= 0.3 is 0 Å². The van der Waals surface area contributed by atoms with Gasteiger partial charge in [0.1, 0.15) is 0 Å². The molecule has 0 saturated heterocycles. The van der Waals surface area contributed by atoms with Crippen molar-refractivity contribution >= 4 is 10.0 Å². The van der Waals surface area contributed by atoms with Gasteiger partial charge in [-0.05, 0) is 43.7 Å². The first-order valence-electron chi connectivity index (χ1n) is 6.69. The number of rotatable bonds is 5. The van der Waals surface area contributed by atoms with Crippen LogP contribution in [0.5, 0.6) is 0 Å². The van der Waals surface area contributed by atoms with Crippen LogP contribution in [0.25, 0.3) is 0 Å². The minimum absolute atomic E-state index is 0.208. The van der Waals surface area contributed by atoms with Gasteiger partial charge in [0.05, 0.1) is 16.6 Å². The van der Waals surface area contributed by atoms with Gasteiger partial charge in [0, 0.05) is 12.2 Å². The summed E-state index contributed by atoms with van der Waals surface area (Å²) in [5, 5.41) is 0. The zero-order valence-electron chi connectivity index (χ0n) is 12.0. The molecule has 6 heteroatoms. The summed E-state index contributed by atoms with van der Waals surface area (Å²) in [4.78, 5) is 4.36. The number of hydrogen-bond acceptors (Lipinski definition) is 4. The first-order chi connectivity index (χ1) is 9.90. The number of sulfonamides is 1. The minimum Gasteiger partial charge on any atom is -0.324 e. The number of benzene rings is 1. The van der Waals surface area contributed by atoms with Crippen molar-refractivity contribution in [1.29, 1.82) is 0 Å². The SMILES string of the molecule is CC(N)c1cccc(S(=O)(=O)NC(C)c2ccccn2)c1. The Kier molecular flexibility index (Phi) is 4.72. The second-order valence-corrected chi connectivity index (χ2v) is 6.67. The first kappa shape index (κ1) is 15.6. The molecule has 1 heterocycles.